The van der Waals surface area contributed by atoms with Crippen LogP contribution >= 0.6 is 0 Å². The highest BCUT2D eigenvalue weighted by Gasteiger charge is 2.35. The van der Waals surface area contributed by atoms with E-state index in [0.717, 1.165) is 17.9 Å². The first-order valence-corrected chi connectivity index (χ1v) is 6.27. The van der Waals surface area contributed by atoms with E-state index in [2.05, 4.69) is 28.9 Å². The van der Waals surface area contributed by atoms with Crippen molar-refractivity contribution < 1.29 is 0 Å². The number of aromatic nitrogens is 1. The van der Waals surface area contributed by atoms with E-state index in [1.807, 2.05) is 24.3 Å². The van der Waals surface area contributed by atoms with Gasteiger partial charge in [0.1, 0.15) is 5.69 Å². The highest BCUT2D eigenvalue weighted by molar-refractivity contribution is 5.74. The fourth-order valence-corrected chi connectivity index (χ4v) is 2.68. The number of nitroso groups, excluding NO2 is 1. The Kier molecular flexibility index (Phi) is 2.59. The fourth-order valence-electron chi connectivity index (χ4n) is 2.68. The molecule has 4 nitrogen and oxygen atoms in total. The van der Waals surface area contributed by atoms with Crippen LogP contribution in [-0.4, -0.2) is 11.5 Å². The van der Waals surface area contributed by atoms with Gasteiger partial charge in [-0.05, 0) is 41.1 Å². The lowest BCUT2D eigenvalue weighted by Gasteiger charge is -2.22. The number of nitrogens with zero attached hydrogens (tertiary/aromatic N) is 3. The summed E-state index contributed by atoms with van der Waals surface area (Å²) in [4.78, 5) is 17.0. The van der Waals surface area contributed by atoms with Crippen molar-refractivity contribution in [2.24, 2.45) is 5.18 Å². The maximum Gasteiger partial charge on any atom is 0.108 e. The van der Waals surface area contributed by atoms with Crippen molar-refractivity contribution >= 4 is 17.1 Å². The van der Waals surface area contributed by atoms with Gasteiger partial charge >= 0.3 is 0 Å². The molecule has 0 spiro atoms. The molecular weight excluding hydrogens is 238 g/mol. The van der Waals surface area contributed by atoms with Crippen molar-refractivity contribution in [3.05, 3.63) is 53.2 Å². The van der Waals surface area contributed by atoms with Gasteiger partial charge in [-0.1, -0.05) is 13.8 Å². The molecule has 0 fully saturated rings. The van der Waals surface area contributed by atoms with Crippen LogP contribution in [0.3, 0.4) is 0 Å². The van der Waals surface area contributed by atoms with Crippen molar-refractivity contribution in [1.82, 2.24) is 4.98 Å². The molecule has 0 amide bonds. The van der Waals surface area contributed by atoms with Crippen LogP contribution in [0.4, 0.5) is 17.1 Å². The molecule has 1 aromatic heterocycles. The van der Waals surface area contributed by atoms with Crippen LogP contribution in [0.5, 0.6) is 0 Å². The van der Waals surface area contributed by atoms with Crippen LogP contribution in [0, 0.1) is 4.91 Å². The zero-order valence-corrected chi connectivity index (χ0v) is 11.0. The molecular formula is C15H15N3O. The predicted molar refractivity (Wildman–Crippen MR) is 76.2 cm³/mol. The van der Waals surface area contributed by atoms with Gasteiger partial charge in [0.25, 0.3) is 0 Å². The first-order valence-electron chi connectivity index (χ1n) is 6.27. The first kappa shape index (κ1) is 11.8. The van der Waals surface area contributed by atoms with Crippen molar-refractivity contribution in [1.29, 1.82) is 0 Å². The van der Waals surface area contributed by atoms with Gasteiger partial charge in [0.05, 0.1) is 0 Å². The molecule has 0 aliphatic carbocycles. The Morgan fingerprint density at radius 3 is 2.63 bits per heavy atom. The van der Waals surface area contributed by atoms with E-state index < -0.39 is 0 Å². The topological polar surface area (TPSA) is 45.6 Å². The molecule has 1 aliphatic rings. The second-order valence-electron chi connectivity index (χ2n) is 5.47. The lowest BCUT2D eigenvalue weighted by molar-refractivity contribution is 0.569. The van der Waals surface area contributed by atoms with Gasteiger partial charge in [-0.25, -0.2) is 0 Å². The molecule has 4 heteroatoms. The average Bonchev–Trinajstić information content (AvgIpc) is 2.71. The molecule has 0 saturated carbocycles. The van der Waals surface area contributed by atoms with Crippen LogP contribution in [0.15, 0.2) is 47.9 Å². The summed E-state index contributed by atoms with van der Waals surface area (Å²) in [6, 6.07) is 9.63. The lowest BCUT2D eigenvalue weighted by atomic mass is 9.87. The number of rotatable bonds is 2. The van der Waals surface area contributed by atoms with Crippen LogP contribution < -0.4 is 4.90 Å². The van der Waals surface area contributed by atoms with Crippen LogP contribution in [-0.2, 0) is 5.41 Å². The molecule has 1 aliphatic heterocycles. The van der Waals surface area contributed by atoms with Gasteiger partial charge in [0.15, 0.2) is 0 Å². The molecule has 3 rings (SSSR count). The van der Waals surface area contributed by atoms with E-state index in [-0.39, 0.29) is 5.41 Å². The Morgan fingerprint density at radius 2 is 1.95 bits per heavy atom. The standard InChI is InChI=1S/C15H15N3O/c1-15(2)10-18(12-5-7-16-8-6-12)14-4-3-11(17-19)9-13(14)15/h3-9H,10H2,1-2H3. The monoisotopic (exact) mass is 253 g/mol. The molecule has 0 unspecified atom stereocenters. The quantitative estimate of drug-likeness (QED) is 0.762. The van der Waals surface area contributed by atoms with Gasteiger partial charge < -0.3 is 4.90 Å². The van der Waals surface area contributed by atoms with Crippen LogP contribution in [0.25, 0.3) is 0 Å². The van der Waals surface area contributed by atoms with E-state index in [9.17, 15) is 4.91 Å². The number of pyridine rings is 1. The second-order valence-corrected chi connectivity index (χ2v) is 5.47. The summed E-state index contributed by atoms with van der Waals surface area (Å²) in [6.07, 6.45) is 3.59. The third-order valence-corrected chi connectivity index (χ3v) is 3.63. The average molecular weight is 253 g/mol. The molecule has 19 heavy (non-hydrogen) atoms. The summed E-state index contributed by atoms with van der Waals surface area (Å²) < 4.78 is 0. The van der Waals surface area contributed by atoms with Crippen molar-refractivity contribution in [2.75, 3.05) is 11.4 Å². The number of benzene rings is 1. The minimum absolute atomic E-state index is 0.000691. The largest absolute Gasteiger partial charge is 0.340 e. The summed E-state index contributed by atoms with van der Waals surface area (Å²) in [5.74, 6) is 0. The minimum atomic E-state index is -0.000691. The normalized spacial score (nSPS) is 16.2. The minimum Gasteiger partial charge on any atom is -0.340 e. The molecule has 0 atom stereocenters. The lowest BCUT2D eigenvalue weighted by Crippen LogP contribution is -2.24. The van der Waals surface area contributed by atoms with Crippen LogP contribution in [0.2, 0.25) is 0 Å². The number of hydrogen-bond acceptors (Lipinski definition) is 4. The predicted octanol–water partition coefficient (Wildman–Crippen LogP) is 3.91. The van der Waals surface area contributed by atoms with E-state index in [4.69, 9.17) is 0 Å². The fraction of sp³-hybridized carbons (Fsp3) is 0.267. The Labute approximate surface area is 112 Å². The third kappa shape index (κ3) is 1.89. The summed E-state index contributed by atoms with van der Waals surface area (Å²) in [5, 5.41) is 3.03. The first-order chi connectivity index (χ1) is 9.12. The number of fused-ring (bicyclic) bond motifs is 1. The molecule has 2 aromatic rings. The maximum atomic E-state index is 10.7. The highest BCUT2D eigenvalue weighted by Crippen LogP contribution is 2.45. The Morgan fingerprint density at radius 1 is 1.21 bits per heavy atom. The smallest absolute Gasteiger partial charge is 0.108 e. The molecule has 0 N–H and O–H groups in total. The summed E-state index contributed by atoms with van der Waals surface area (Å²) in [5.41, 5.74) is 3.92. The SMILES string of the molecule is CC1(C)CN(c2ccncc2)c2ccc(N=O)cc21. The van der Waals surface area contributed by atoms with Gasteiger partial charge in [-0.3, -0.25) is 4.98 Å². The van der Waals surface area contributed by atoms with Gasteiger partial charge in [-0.15, -0.1) is 4.91 Å². The van der Waals surface area contributed by atoms with Crippen molar-refractivity contribution in [3.8, 4) is 0 Å². The molecule has 0 radical (unpaired) electrons. The summed E-state index contributed by atoms with van der Waals surface area (Å²) in [6.45, 7) is 5.25. The molecule has 96 valence electrons. The number of anilines is 2. The maximum absolute atomic E-state index is 10.7. The van der Waals surface area contributed by atoms with Crippen molar-refractivity contribution in [2.45, 2.75) is 19.3 Å². The van der Waals surface area contributed by atoms with Gasteiger partial charge in [0.2, 0.25) is 0 Å². The Hall–Kier alpha value is -2.23. The molecule has 1 aromatic carbocycles. The third-order valence-electron chi connectivity index (χ3n) is 3.63. The van der Waals surface area contributed by atoms with Gasteiger partial charge in [0, 0.05) is 35.7 Å². The van der Waals surface area contributed by atoms with Gasteiger partial charge in [-0.2, -0.15) is 0 Å². The molecule has 2 heterocycles. The second kappa shape index (κ2) is 4.16. The van der Waals surface area contributed by atoms with E-state index in [0.29, 0.717) is 5.69 Å². The molecule has 0 bridgehead atoms. The van der Waals surface area contributed by atoms with Crippen LogP contribution in [0.1, 0.15) is 19.4 Å². The summed E-state index contributed by atoms with van der Waals surface area (Å²) in [7, 11) is 0. The zero-order valence-electron chi connectivity index (χ0n) is 11.0. The number of hydrogen-bond donors (Lipinski definition) is 0. The van der Waals surface area contributed by atoms with E-state index in [1.165, 1.54) is 5.56 Å². The van der Waals surface area contributed by atoms with E-state index >= 15 is 0 Å². The highest BCUT2D eigenvalue weighted by atomic mass is 16.3. The summed E-state index contributed by atoms with van der Waals surface area (Å²) >= 11 is 0. The Bertz CT molecular complexity index is 623. The Balaban J connectivity index is 2.13. The van der Waals surface area contributed by atoms with Crippen molar-refractivity contribution in [3.63, 3.8) is 0 Å². The van der Waals surface area contributed by atoms with E-state index in [1.54, 1.807) is 18.5 Å². The zero-order chi connectivity index (χ0) is 13.5. The molecule has 0 saturated heterocycles.